The summed E-state index contributed by atoms with van der Waals surface area (Å²) in [5.74, 6) is 0.823. The number of hydrogen-bond donors (Lipinski definition) is 0. The predicted octanol–water partition coefficient (Wildman–Crippen LogP) is 12.6. The topological polar surface area (TPSA) is 26.3 Å². The number of hydrogen-bond acceptors (Lipinski definition) is 6. The second-order valence-corrected chi connectivity index (χ2v) is 14.8. The molecular weight excluding hydrogens is 557 g/mol. The predicted molar refractivity (Wildman–Crippen MR) is 176 cm³/mol. The Morgan fingerprint density at radius 3 is 2.31 bits per heavy atom. The lowest BCUT2D eigenvalue weighted by Gasteiger charge is -2.14. The molecule has 0 fully saturated rings. The molecule has 2 atom stereocenters. The quantitative estimate of drug-likeness (QED) is 0.0944. The average molecular weight is 601 g/mol. The molecule has 4 heterocycles. The minimum atomic E-state index is -0.164. The Kier molecular flexibility index (Phi) is 11.7. The van der Waals surface area contributed by atoms with Crippen LogP contribution in [-0.2, 0) is 4.74 Å². The van der Waals surface area contributed by atoms with E-state index in [4.69, 9.17) is 4.74 Å². The van der Waals surface area contributed by atoms with Gasteiger partial charge in [0.25, 0.3) is 0 Å². The van der Waals surface area contributed by atoms with E-state index in [1.54, 1.807) is 22.7 Å². The first-order valence-corrected chi connectivity index (χ1v) is 18.2. The first kappa shape index (κ1) is 30.5. The van der Waals surface area contributed by atoms with Crippen molar-refractivity contribution in [1.82, 2.24) is 0 Å². The summed E-state index contributed by atoms with van der Waals surface area (Å²) in [6.45, 7) is 11.8. The first-order chi connectivity index (χ1) is 19.0. The molecular formula is C33H44O2S4. The van der Waals surface area contributed by atoms with Crippen LogP contribution in [0, 0.1) is 12.8 Å². The fourth-order valence-electron chi connectivity index (χ4n) is 5.22. The third-order valence-electron chi connectivity index (χ3n) is 7.82. The van der Waals surface area contributed by atoms with E-state index < -0.39 is 0 Å². The Labute approximate surface area is 251 Å². The molecule has 4 aromatic rings. The lowest BCUT2D eigenvalue weighted by atomic mass is 9.94. The van der Waals surface area contributed by atoms with E-state index in [-0.39, 0.29) is 5.97 Å². The first-order valence-electron chi connectivity index (χ1n) is 14.8. The Bertz CT molecular complexity index is 1320. The van der Waals surface area contributed by atoms with E-state index in [9.17, 15) is 4.79 Å². The molecule has 0 bridgehead atoms. The largest absolute Gasteiger partial charge is 0.461 e. The monoisotopic (exact) mass is 600 g/mol. The van der Waals surface area contributed by atoms with Crippen molar-refractivity contribution >= 4 is 61.4 Å². The maximum absolute atomic E-state index is 13.2. The van der Waals surface area contributed by atoms with E-state index in [2.05, 4.69) is 63.6 Å². The highest BCUT2D eigenvalue weighted by Crippen LogP contribution is 2.52. The van der Waals surface area contributed by atoms with Crippen molar-refractivity contribution < 1.29 is 9.53 Å². The number of rotatable bonds is 16. The Hall–Kier alpha value is -1.47. The van der Waals surface area contributed by atoms with Crippen molar-refractivity contribution in [2.75, 3.05) is 6.61 Å². The SMILES string of the molecule is CCCCCCCC(C)c1ccsc1-c1sc(-c2sccc2C)c2sc(C(=O)OCC(CC)CCCC)cc12. The smallest absolute Gasteiger partial charge is 0.348 e. The fraction of sp³-hybridized carbons (Fsp3) is 0.545. The van der Waals surface area contributed by atoms with Gasteiger partial charge in [-0.1, -0.05) is 79.1 Å². The maximum Gasteiger partial charge on any atom is 0.348 e. The third-order valence-corrected chi connectivity index (χ3v) is 12.6. The molecule has 0 radical (unpaired) electrons. The van der Waals surface area contributed by atoms with Gasteiger partial charge in [0.2, 0.25) is 0 Å². The van der Waals surface area contributed by atoms with Gasteiger partial charge in [-0.05, 0) is 71.7 Å². The molecule has 6 heteroatoms. The summed E-state index contributed by atoms with van der Waals surface area (Å²) >= 11 is 7.18. The Morgan fingerprint density at radius 1 is 0.846 bits per heavy atom. The molecule has 0 saturated heterocycles. The molecule has 4 aromatic heterocycles. The number of thiophene rings is 4. The van der Waals surface area contributed by atoms with Gasteiger partial charge in [0.1, 0.15) is 4.88 Å². The molecule has 0 aliphatic heterocycles. The molecule has 0 spiro atoms. The van der Waals surface area contributed by atoms with Gasteiger partial charge in [0.15, 0.2) is 0 Å². The number of ether oxygens (including phenoxy) is 1. The molecule has 2 nitrogen and oxygen atoms in total. The molecule has 0 aliphatic rings. The summed E-state index contributed by atoms with van der Waals surface area (Å²) in [4.78, 5) is 19.3. The molecule has 212 valence electrons. The number of fused-ring (bicyclic) bond motifs is 1. The van der Waals surface area contributed by atoms with Gasteiger partial charge in [0.05, 0.1) is 21.1 Å². The van der Waals surface area contributed by atoms with Crippen molar-refractivity contribution in [2.24, 2.45) is 5.92 Å². The highest BCUT2D eigenvalue weighted by Gasteiger charge is 2.25. The summed E-state index contributed by atoms with van der Waals surface area (Å²) in [6.07, 6.45) is 12.4. The number of carbonyl (C=O) groups is 1. The lowest BCUT2D eigenvalue weighted by molar-refractivity contribution is 0.0434. The highest BCUT2D eigenvalue weighted by molar-refractivity contribution is 7.32. The van der Waals surface area contributed by atoms with Gasteiger partial charge >= 0.3 is 5.97 Å². The van der Waals surface area contributed by atoms with Crippen molar-refractivity contribution in [3.8, 4) is 19.5 Å². The summed E-state index contributed by atoms with van der Waals surface area (Å²) in [5.41, 5.74) is 2.77. The van der Waals surface area contributed by atoms with Gasteiger partial charge in [0, 0.05) is 15.1 Å². The zero-order chi connectivity index (χ0) is 27.8. The number of esters is 1. The standard InChI is InChI=1S/C33H44O2S4/c1-6-9-11-12-13-14-22(4)25-17-19-37-29(25)30-26-20-27(33(34)35-21-24(8-3)15-10-7-2)38-31(26)32(39-30)28-23(5)16-18-36-28/h16-20,22,24H,6-15,21H2,1-5H3. The fourth-order valence-corrected chi connectivity index (χ4v) is 10.1. The van der Waals surface area contributed by atoms with E-state index in [0.717, 1.165) is 17.7 Å². The van der Waals surface area contributed by atoms with Crippen LogP contribution in [0.2, 0.25) is 0 Å². The van der Waals surface area contributed by atoms with Crippen molar-refractivity contribution in [3.05, 3.63) is 45.0 Å². The van der Waals surface area contributed by atoms with Gasteiger partial charge in [-0.15, -0.1) is 45.3 Å². The van der Waals surface area contributed by atoms with Crippen LogP contribution in [0.25, 0.3) is 29.6 Å². The van der Waals surface area contributed by atoms with Crippen LogP contribution in [-0.4, -0.2) is 12.6 Å². The van der Waals surface area contributed by atoms with Crippen LogP contribution in [0.5, 0.6) is 0 Å². The molecule has 0 N–H and O–H groups in total. The minimum absolute atomic E-state index is 0.164. The average Bonchev–Trinajstić information content (AvgIpc) is 3.72. The molecule has 4 rings (SSSR count). The summed E-state index contributed by atoms with van der Waals surface area (Å²) in [7, 11) is 0. The second kappa shape index (κ2) is 15.0. The van der Waals surface area contributed by atoms with Crippen LogP contribution in [0.4, 0.5) is 0 Å². The summed E-state index contributed by atoms with van der Waals surface area (Å²) in [6, 6.07) is 6.65. The van der Waals surface area contributed by atoms with Gasteiger partial charge in [-0.25, -0.2) is 4.79 Å². The second-order valence-electron chi connectivity index (χ2n) is 10.9. The Balaban J connectivity index is 1.63. The van der Waals surface area contributed by atoms with Crippen LogP contribution in [0.15, 0.2) is 29.0 Å². The molecule has 0 saturated carbocycles. The maximum atomic E-state index is 13.2. The normalized spacial score (nSPS) is 13.3. The lowest BCUT2D eigenvalue weighted by Crippen LogP contribution is -2.13. The van der Waals surface area contributed by atoms with Gasteiger partial charge in [-0.2, -0.15) is 0 Å². The van der Waals surface area contributed by atoms with Crippen molar-refractivity contribution in [1.29, 1.82) is 0 Å². The Morgan fingerprint density at radius 2 is 1.59 bits per heavy atom. The van der Waals surface area contributed by atoms with E-state index in [1.165, 1.54) is 92.1 Å². The molecule has 2 unspecified atom stereocenters. The van der Waals surface area contributed by atoms with Crippen LogP contribution in [0.1, 0.15) is 119 Å². The molecule has 39 heavy (non-hydrogen) atoms. The molecule has 0 amide bonds. The van der Waals surface area contributed by atoms with Gasteiger partial charge < -0.3 is 4.74 Å². The van der Waals surface area contributed by atoms with Crippen LogP contribution >= 0.6 is 45.3 Å². The van der Waals surface area contributed by atoms with Crippen molar-refractivity contribution in [3.63, 3.8) is 0 Å². The van der Waals surface area contributed by atoms with Crippen LogP contribution in [0.3, 0.4) is 0 Å². The summed E-state index contributed by atoms with van der Waals surface area (Å²) in [5, 5.41) is 5.65. The number of unbranched alkanes of at least 4 members (excludes halogenated alkanes) is 5. The van der Waals surface area contributed by atoms with E-state index in [0.29, 0.717) is 18.4 Å². The van der Waals surface area contributed by atoms with Crippen molar-refractivity contribution in [2.45, 2.75) is 105 Å². The highest BCUT2D eigenvalue weighted by atomic mass is 32.1. The zero-order valence-corrected chi connectivity index (χ0v) is 27.5. The number of carbonyl (C=O) groups excluding carboxylic acids is 1. The summed E-state index contributed by atoms with van der Waals surface area (Å²) < 4.78 is 7.11. The zero-order valence-electron chi connectivity index (χ0n) is 24.3. The molecule has 0 aliphatic carbocycles. The molecule has 0 aromatic carbocycles. The minimum Gasteiger partial charge on any atom is -0.461 e. The van der Waals surface area contributed by atoms with E-state index in [1.807, 2.05) is 22.7 Å². The van der Waals surface area contributed by atoms with E-state index >= 15 is 0 Å². The third kappa shape index (κ3) is 7.44. The van der Waals surface area contributed by atoms with Crippen LogP contribution < -0.4 is 0 Å². The van der Waals surface area contributed by atoms with Gasteiger partial charge in [-0.3, -0.25) is 0 Å². The number of aryl methyl sites for hydroxylation is 1.